The van der Waals surface area contributed by atoms with Gasteiger partial charge in [0.25, 0.3) is 0 Å². The maximum Gasteiger partial charge on any atom is 0.0682 e. The predicted octanol–water partition coefficient (Wildman–Crippen LogP) is 9.93. The van der Waals surface area contributed by atoms with Gasteiger partial charge in [-0.3, -0.25) is 0 Å². The second-order valence-corrected chi connectivity index (χ2v) is 17.3. The van der Waals surface area contributed by atoms with E-state index in [9.17, 15) is 0 Å². The first-order valence-electron chi connectivity index (χ1n) is 15.8. The van der Waals surface area contributed by atoms with Crippen molar-refractivity contribution >= 4 is 12.6 Å². The molecule has 0 aliphatic rings. The molecule has 0 atom stereocenters. The normalized spacial score (nSPS) is 15.6. The molecule has 0 rings (SSSR count). The molecule has 0 saturated heterocycles. The van der Waals surface area contributed by atoms with Crippen molar-refractivity contribution in [2.75, 3.05) is 18.9 Å². The smallest absolute Gasteiger partial charge is 0.0682 e. The number of rotatable bonds is 18. The standard InChI is InChI=1S/C36H71N3OS/c1-27(2)34(11,12)35(13,14)36(15,16)40-26-33(9,10)30(37)25-39(38)21-20-32(7,8)23-28(3)17-19-31(5,6)24-29(4)18-22-41/h17-18,25,27,41H,19-24,26,37-38H2,1-16H3/b28-17+,29-18+,30-25-. The van der Waals surface area contributed by atoms with E-state index in [0.717, 1.165) is 43.7 Å². The Morgan fingerprint density at radius 1 is 0.829 bits per heavy atom. The average molecular weight is 594 g/mol. The summed E-state index contributed by atoms with van der Waals surface area (Å²) in [6, 6.07) is 0. The lowest BCUT2D eigenvalue weighted by Gasteiger charge is -2.54. The van der Waals surface area contributed by atoms with Gasteiger partial charge in [-0.2, -0.15) is 12.6 Å². The van der Waals surface area contributed by atoms with Crippen molar-refractivity contribution < 1.29 is 4.74 Å². The van der Waals surface area contributed by atoms with Crippen LogP contribution in [-0.4, -0.2) is 29.5 Å². The summed E-state index contributed by atoms with van der Waals surface area (Å²) in [6.45, 7) is 37.7. The summed E-state index contributed by atoms with van der Waals surface area (Å²) < 4.78 is 6.64. The molecule has 0 fully saturated rings. The van der Waals surface area contributed by atoms with Gasteiger partial charge < -0.3 is 15.5 Å². The number of nitrogens with zero attached hydrogens (tertiary/aromatic N) is 1. The van der Waals surface area contributed by atoms with Crippen LogP contribution in [0.2, 0.25) is 0 Å². The maximum absolute atomic E-state index is 6.64. The molecule has 0 spiro atoms. The lowest BCUT2D eigenvalue weighted by atomic mass is 9.55. The zero-order valence-corrected chi connectivity index (χ0v) is 31.1. The number of hydrogen-bond acceptors (Lipinski definition) is 5. The van der Waals surface area contributed by atoms with Crippen LogP contribution in [0.5, 0.6) is 0 Å². The summed E-state index contributed by atoms with van der Waals surface area (Å²) in [5.74, 6) is 7.79. The molecule has 41 heavy (non-hydrogen) atoms. The van der Waals surface area contributed by atoms with Crippen molar-refractivity contribution in [1.29, 1.82) is 0 Å². The Morgan fingerprint density at radius 2 is 1.32 bits per heavy atom. The van der Waals surface area contributed by atoms with Crippen LogP contribution in [0.1, 0.15) is 136 Å². The van der Waals surface area contributed by atoms with Crippen LogP contribution in [0.3, 0.4) is 0 Å². The van der Waals surface area contributed by atoms with E-state index in [1.165, 1.54) is 11.1 Å². The topological polar surface area (TPSA) is 64.5 Å². The Hall–Kier alpha value is -0.910. The molecular formula is C36H71N3OS. The highest BCUT2D eigenvalue weighted by Crippen LogP contribution is 2.52. The summed E-state index contributed by atoms with van der Waals surface area (Å²) in [4.78, 5) is 0. The number of hydrogen-bond donors (Lipinski definition) is 3. The first kappa shape index (κ1) is 40.1. The van der Waals surface area contributed by atoms with Crippen LogP contribution in [0, 0.1) is 33.0 Å². The largest absolute Gasteiger partial charge is 0.400 e. The third-order valence-corrected chi connectivity index (χ3v) is 10.6. The maximum atomic E-state index is 6.64. The van der Waals surface area contributed by atoms with Crippen LogP contribution in [0.4, 0.5) is 0 Å². The van der Waals surface area contributed by atoms with Gasteiger partial charge in [0, 0.05) is 29.6 Å². The predicted molar refractivity (Wildman–Crippen MR) is 187 cm³/mol. The molecule has 0 heterocycles. The molecule has 0 aromatic carbocycles. The van der Waals surface area contributed by atoms with E-state index in [2.05, 4.69) is 136 Å². The molecule has 4 nitrogen and oxygen atoms in total. The van der Waals surface area contributed by atoms with Gasteiger partial charge in [-0.05, 0) is 81.0 Å². The van der Waals surface area contributed by atoms with Crippen LogP contribution in [0.25, 0.3) is 0 Å². The molecule has 4 N–H and O–H groups in total. The number of hydrazine groups is 1. The minimum atomic E-state index is -0.338. The highest BCUT2D eigenvalue weighted by molar-refractivity contribution is 7.80. The van der Waals surface area contributed by atoms with E-state index in [4.69, 9.17) is 16.3 Å². The van der Waals surface area contributed by atoms with Gasteiger partial charge in [-0.1, -0.05) is 106 Å². The summed E-state index contributed by atoms with van der Waals surface area (Å²) in [5, 5.41) is 1.76. The van der Waals surface area contributed by atoms with Gasteiger partial charge >= 0.3 is 0 Å². The van der Waals surface area contributed by atoms with E-state index in [1.54, 1.807) is 5.01 Å². The summed E-state index contributed by atoms with van der Waals surface area (Å²) >= 11 is 4.33. The van der Waals surface area contributed by atoms with Crippen molar-refractivity contribution in [3.05, 3.63) is 35.2 Å². The monoisotopic (exact) mass is 594 g/mol. The van der Waals surface area contributed by atoms with E-state index < -0.39 is 0 Å². The average Bonchev–Trinajstić information content (AvgIpc) is 2.79. The molecule has 0 aliphatic heterocycles. The highest BCUT2D eigenvalue weighted by atomic mass is 32.1. The van der Waals surface area contributed by atoms with Gasteiger partial charge in [0.05, 0.1) is 12.2 Å². The first-order chi connectivity index (χ1) is 18.2. The molecule has 0 bridgehead atoms. The fraction of sp³-hybridized carbons (Fsp3) is 0.833. The van der Waals surface area contributed by atoms with Gasteiger partial charge in [-0.15, -0.1) is 0 Å². The fourth-order valence-electron chi connectivity index (χ4n) is 5.39. The molecule has 0 aromatic rings. The summed E-state index contributed by atoms with van der Waals surface area (Å²) in [5.41, 5.74) is 10.0. The molecule has 0 unspecified atom stereocenters. The van der Waals surface area contributed by atoms with Crippen molar-refractivity contribution in [2.24, 2.45) is 44.6 Å². The Kier molecular flexibility index (Phi) is 14.9. The van der Waals surface area contributed by atoms with E-state index in [1.807, 2.05) is 6.20 Å². The Bertz CT molecular complexity index is 904. The lowest BCUT2D eigenvalue weighted by Crippen LogP contribution is -2.53. The zero-order valence-electron chi connectivity index (χ0n) is 30.2. The molecule has 0 saturated carbocycles. The Morgan fingerprint density at radius 3 is 1.80 bits per heavy atom. The highest BCUT2D eigenvalue weighted by Gasteiger charge is 2.50. The zero-order chi connectivity index (χ0) is 32.7. The molecule has 0 amide bonds. The number of ether oxygens (including phenoxy) is 1. The SMILES string of the molecule is C/C(=C\CS)CC(C)(C)C/C=C(\C)CC(C)(C)CCN(N)/C=C(\N)C(C)(C)COC(C)(C)C(C)(C)C(C)(C)C(C)C. The van der Waals surface area contributed by atoms with Crippen LogP contribution >= 0.6 is 12.6 Å². The van der Waals surface area contributed by atoms with Gasteiger partial charge in [-0.25, -0.2) is 5.84 Å². The van der Waals surface area contributed by atoms with E-state index >= 15 is 0 Å². The van der Waals surface area contributed by atoms with E-state index in [-0.39, 0.29) is 32.7 Å². The van der Waals surface area contributed by atoms with Gasteiger partial charge in [0.15, 0.2) is 0 Å². The summed E-state index contributed by atoms with van der Waals surface area (Å²) in [7, 11) is 0. The minimum Gasteiger partial charge on any atom is -0.400 e. The number of thiol groups is 1. The Labute approximate surface area is 262 Å². The van der Waals surface area contributed by atoms with Crippen LogP contribution in [-0.2, 0) is 4.74 Å². The quantitative estimate of drug-likeness (QED) is 0.0640. The van der Waals surface area contributed by atoms with Crippen molar-refractivity contribution in [3.8, 4) is 0 Å². The molecule has 0 radical (unpaired) electrons. The molecule has 242 valence electrons. The summed E-state index contributed by atoms with van der Waals surface area (Å²) in [6.07, 6.45) is 10.8. The van der Waals surface area contributed by atoms with Crippen molar-refractivity contribution in [3.63, 3.8) is 0 Å². The van der Waals surface area contributed by atoms with Gasteiger partial charge in [0.1, 0.15) is 0 Å². The van der Waals surface area contributed by atoms with Gasteiger partial charge in [0.2, 0.25) is 0 Å². The third kappa shape index (κ3) is 12.7. The van der Waals surface area contributed by atoms with Crippen LogP contribution in [0.15, 0.2) is 35.2 Å². The molecule has 0 aliphatic carbocycles. The van der Waals surface area contributed by atoms with E-state index in [0.29, 0.717) is 12.5 Å². The van der Waals surface area contributed by atoms with Crippen LogP contribution < -0.4 is 11.6 Å². The lowest BCUT2D eigenvalue weighted by molar-refractivity contribution is -0.166. The number of allylic oxidation sites excluding steroid dienone is 3. The fourth-order valence-corrected chi connectivity index (χ4v) is 5.70. The van der Waals surface area contributed by atoms with Crippen molar-refractivity contribution in [1.82, 2.24) is 5.01 Å². The molecule has 5 heteroatoms. The Balaban J connectivity index is 5.20. The second-order valence-electron chi connectivity index (χ2n) is 16.9. The first-order valence-corrected chi connectivity index (χ1v) is 16.4. The second kappa shape index (κ2) is 15.2. The number of nitrogens with two attached hydrogens (primary N) is 2. The molecular weight excluding hydrogens is 522 g/mol. The third-order valence-electron chi connectivity index (χ3n) is 10.4. The minimum absolute atomic E-state index is 0.0429. The van der Waals surface area contributed by atoms with Crippen molar-refractivity contribution in [2.45, 2.75) is 142 Å². The molecule has 0 aromatic heterocycles.